The highest BCUT2D eigenvalue weighted by Gasteiger charge is 2.09. The predicted molar refractivity (Wildman–Crippen MR) is 97.5 cm³/mol. The van der Waals surface area contributed by atoms with Crippen LogP contribution in [0.1, 0.15) is 32.8 Å². The maximum Gasteiger partial charge on any atom is 0.333 e. The number of rotatable bonds is 7. The van der Waals surface area contributed by atoms with Crippen LogP contribution in [0, 0.1) is 5.92 Å². The Morgan fingerprint density at radius 3 is 2.25 bits per heavy atom. The molecule has 0 heterocycles. The summed E-state index contributed by atoms with van der Waals surface area (Å²) in [4.78, 5) is 21.8. The van der Waals surface area contributed by atoms with Crippen molar-refractivity contribution in [1.29, 1.82) is 0 Å². The highest BCUT2D eigenvalue weighted by Crippen LogP contribution is 2.06. The summed E-state index contributed by atoms with van der Waals surface area (Å²) in [6, 6.07) is 10.0. The average Bonchev–Trinajstić information content (AvgIpc) is 2.58. The summed E-state index contributed by atoms with van der Waals surface area (Å²) in [5, 5.41) is 8.60. The molecule has 0 radical (unpaired) electrons. The van der Waals surface area contributed by atoms with Crippen molar-refractivity contribution in [3.8, 4) is 0 Å². The average molecular weight is 330 g/mol. The van der Waals surface area contributed by atoms with E-state index in [0.717, 1.165) is 0 Å². The van der Waals surface area contributed by atoms with Gasteiger partial charge in [-0.2, -0.15) is 0 Å². The van der Waals surface area contributed by atoms with E-state index in [2.05, 4.69) is 13.2 Å². The van der Waals surface area contributed by atoms with Crippen LogP contribution < -0.4 is 0 Å². The fourth-order valence-electron chi connectivity index (χ4n) is 1.38. The molecule has 0 saturated heterocycles. The molecule has 0 aliphatic carbocycles. The largest absolute Gasteiger partial charge is 0.478 e. The van der Waals surface area contributed by atoms with Crippen LogP contribution in [0.15, 0.2) is 60.7 Å². The summed E-state index contributed by atoms with van der Waals surface area (Å²) in [6.45, 7) is 12.9. The van der Waals surface area contributed by atoms with Gasteiger partial charge in [0.2, 0.25) is 0 Å². The molecule has 0 aromatic heterocycles. The number of allylic oxidation sites excluding steroid dienone is 1. The molecule has 0 fully saturated rings. The van der Waals surface area contributed by atoms with Crippen LogP contribution in [0.5, 0.6) is 0 Å². The van der Waals surface area contributed by atoms with E-state index in [-0.39, 0.29) is 23.5 Å². The molecule has 130 valence electrons. The lowest BCUT2D eigenvalue weighted by atomic mass is 10.1. The van der Waals surface area contributed by atoms with E-state index in [4.69, 9.17) is 9.84 Å². The third-order valence-corrected chi connectivity index (χ3v) is 2.86. The first-order valence-corrected chi connectivity index (χ1v) is 7.70. The van der Waals surface area contributed by atoms with Crippen LogP contribution in [0.2, 0.25) is 0 Å². The summed E-state index contributed by atoms with van der Waals surface area (Å²) in [7, 11) is 0. The lowest BCUT2D eigenvalue weighted by Gasteiger charge is -2.07. The van der Waals surface area contributed by atoms with Gasteiger partial charge in [0.1, 0.15) is 0 Å². The maximum atomic E-state index is 11.3. The van der Waals surface area contributed by atoms with Crippen molar-refractivity contribution in [1.82, 2.24) is 0 Å². The van der Waals surface area contributed by atoms with Crippen LogP contribution in [0.25, 0.3) is 6.08 Å². The number of carboxylic acid groups (broad SMARTS) is 1. The van der Waals surface area contributed by atoms with Gasteiger partial charge in [0, 0.05) is 11.1 Å². The number of hydrogen-bond acceptors (Lipinski definition) is 3. The Balaban J connectivity index is 0.000000546. The Morgan fingerprint density at radius 1 is 1.25 bits per heavy atom. The summed E-state index contributed by atoms with van der Waals surface area (Å²) in [5.74, 6) is -1.19. The van der Waals surface area contributed by atoms with Crippen LogP contribution in [0.4, 0.5) is 0 Å². The molecule has 1 rings (SSSR count). The van der Waals surface area contributed by atoms with Crippen LogP contribution in [0.3, 0.4) is 0 Å². The second-order valence-electron chi connectivity index (χ2n) is 5.61. The summed E-state index contributed by atoms with van der Waals surface area (Å²) >= 11 is 0. The number of esters is 1. The Labute approximate surface area is 144 Å². The van der Waals surface area contributed by atoms with E-state index in [9.17, 15) is 9.59 Å². The SMILES string of the molecule is C=C(CC=C(C)C(=O)O)C(=O)OCC(C)C.C=Cc1ccccc1. The zero-order chi connectivity index (χ0) is 18.5. The Morgan fingerprint density at radius 2 is 1.83 bits per heavy atom. The predicted octanol–water partition coefficient (Wildman–Crippen LogP) is 4.49. The number of hydrogen-bond donors (Lipinski definition) is 1. The first-order valence-electron chi connectivity index (χ1n) is 7.70. The van der Waals surface area contributed by atoms with E-state index < -0.39 is 11.9 Å². The van der Waals surface area contributed by atoms with Crippen molar-refractivity contribution in [2.24, 2.45) is 5.92 Å². The summed E-state index contributed by atoms with van der Waals surface area (Å²) in [5.41, 5.74) is 1.63. The van der Waals surface area contributed by atoms with Crippen LogP contribution >= 0.6 is 0 Å². The second kappa shape index (κ2) is 11.9. The van der Waals surface area contributed by atoms with Gasteiger partial charge in [-0.15, -0.1) is 0 Å². The highest BCUT2D eigenvalue weighted by molar-refractivity contribution is 5.89. The zero-order valence-corrected chi connectivity index (χ0v) is 14.6. The Kier molecular flexibility index (Phi) is 10.6. The topological polar surface area (TPSA) is 63.6 Å². The molecule has 24 heavy (non-hydrogen) atoms. The number of benzene rings is 1. The normalized spacial score (nSPS) is 10.4. The minimum absolute atomic E-state index is 0.192. The fraction of sp³-hybridized carbons (Fsp3) is 0.300. The smallest absolute Gasteiger partial charge is 0.333 e. The van der Waals surface area contributed by atoms with Crippen molar-refractivity contribution in [2.75, 3.05) is 6.61 Å². The molecule has 0 unspecified atom stereocenters. The Hall–Kier alpha value is -2.62. The molecule has 0 atom stereocenters. The number of carboxylic acids is 1. The summed E-state index contributed by atoms with van der Waals surface area (Å²) in [6.07, 6.45) is 3.48. The van der Waals surface area contributed by atoms with Gasteiger partial charge in [-0.25, -0.2) is 9.59 Å². The molecule has 0 bridgehead atoms. The van der Waals surface area contributed by atoms with Gasteiger partial charge in [0.15, 0.2) is 0 Å². The van der Waals surface area contributed by atoms with Gasteiger partial charge in [-0.1, -0.05) is 69.5 Å². The molecule has 0 saturated carbocycles. The number of aliphatic carboxylic acids is 1. The minimum Gasteiger partial charge on any atom is -0.478 e. The molecule has 1 aromatic carbocycles. The van der Waals surface area contributed by atoms with E-state index in [1.54, 1.807) is 0 Å². The van der Waals surface area contributed by atoms with E-state index >= 15 is 0 Å². The van der Waals surface area contributed by atoms with Gasteiger partial charge in [0.25, 0.3) is 0 Å². The Bertz CT molecular complexity index is 583. The molecule has 1 aromatic rings. The molecule has 4 nitrogen and oxygen atoms in total. The number of carbonyl (C=O) groups excluding carboxylic acids is 1. The van der Waals surface area contributed by atoms with Gasteiger partial charge in [-0.3, -0.25) is 0 Å². The number of ether oxygens (including phenoxy) is 1. The molecule has 0 aliphatic rings. The van der Waals surface area contributed by atoms with Crippen molar-refractivity contribution < 1.29 is 19.4 Å². The van der Waals surface area contributed by atoms with Crippen LogP contribution in [-0.2, 0) is 14.3 Å². The molecule has 1 N–H and O–H groups in total. The zero-order valence-electron chi connectivity index (χ0n) is 14.6. The molecule has 4 heteroatoms. The van der Waals surface area contributed by atoms with Crippen molar-refractivity contribution in [3.63, 3.8) is 0 Å². The number of carbonyl (C=O) groups is 2. The van der Waals surface area contributed by atoms with Gasteiger partial charge in [0.05, 0.1) is 6.61 Å². The minimum atomic E-state index is -0.997. The van der Waals surface area contributed by atoms with Crippen LogP contribution in [-0.4, -0.2) is 23.7 Å². The summed E-state index contributed by atoms with van der Waals surface area (Å²) < 4.78 is 4.94. The molecule has 0 spiro atoms. The standard InChI is InChI=1S/C12H18O4.C8H8/c1-8(2)7-16-12(15)10(4)6-5-9(3)11(13)14;1-2-8-6-4-3-5-7-8/h5,8H,4,6-7H2,1-3H3,(H,13,14);2-7H,1H2. The lowest BCUT2D eigenvalue weighted by molar-refractivity contribution is -0.140. The third-order valence-electron chi connectivity index (χ3n) is 2.86. The van der Waals surface area contributed by atoms with E-state index in [1.165, 1.54) is 18.6 Å². The molecular weight excluding hydrogens is 304 g/mol. The third kappa shape index (κ3) is 10.2. The lowest BCUT2D eigenvalue weighted by Crippen LogP contribution is -2.11. The quantitative estimate of drug-likeness (QED) is 0.591. The van der Waals surface area contributed by atoms with Crippen molar-refractivity contribution in [2.45, 2.75) is 27.2 Å². The highest BCUT2D eigenvalue weighted by atomic mass is 16.5. The maximum absolute atomic E-state index is 11.3. The van der Waals surface area contributed by atoms with E-state index in [0.29, 0.717) is 6.61 Å². The first kappa shape index (κ1) is 21.4. The van der Waals surface area contributed by atoms with E-state index in [1.807, 2.05) is 50.3 Å². The molecular formula is C20H26O4. The molecule has 0 aliphatic heterocycles. The van der Waals surface area contributed by atoms with Gasteiger partial charge >= 0.3 is 11.9 Å². The van der Waals surface area contributed by atoms with Crippen molar-refractivity contribution >= 4 is 18.0 Å². The van der Waals surface area contributed by atoms with Gasteiger partial charge < -0.3 is 9.84 Å². The first-order chi connectivity index (χ1) is 11.3. The second-order valence-corrected chi connectivity index (χ2v) is 5.61. The fourth-order valence-corrected chi connectivity index (χ4v) is 1.38. The monoisotopic (exact) mass is 330 g/mol. The van der Waals surface area contributed by atoms with Crippen molar-refractivity contribution in [3.05, 3.63) is 66.3 Å². The van der Waals surface area contributed by atoms with Gasteiger partial charge in [-0.05, 0) is 24.8 Å². The molecule has 0 amide bonds.